The molecule has 5 heteroatoms. The Kier molecular flexibility index (Phi) is 4.60. The molecule has 1 aromatic heterocycles. The Morgan fingerprint density at radius 2 is 2.28 bits per heavy atom. The zero-order valence-corrected chi connectivity index (χ0v) is 12.1. The van der Waals surface area contributed by atoms with Crippen LogP contribution < -0.4 is 5.32 Å². The predicted octanol–water partition coefficient (Wildman–Crippen LogP) is 3.30. The molecule has 0 fully saturated rings. The van der Waals surface area contributed by atoms with Crippen molar-refractivity contribution in [3.05, 3.63) is 24.3 Å². The summed E-state index contributed by atoms with van der Waals surface area (Å²) in [7, 11) is 0. The number of amides is 1. The Bertz CT molecular complexity index is 506. The summed E-state index contributed by atoms with van der Waals surface area (Å²) in [5, 5.41) is 2.95. The van der Waals surface area contributed by atoms with Crippen LogP contribution in [0, 0.1) is 0 Å². The lowest BCUT2D eigenvalue weighted by Gasteiger charge is -2.10. The number of thiazole rings is 1. The van der Waals surface area contributed by atoms with E-state index >= 15 is 0 Å². The van der Waals surface area contributed by atoms with E-state index in [2.05, 4.69) is 23.3 Å². The van der Waals surface area contributed by atoms with Gasteiger partial charge in [-0.15, -0.1) is 11.3 Å². The lowest BCUT2D eigenvalue weighted by Crippen LogP contribution is -2.33. The van der Waals surface area contributed by atoms with Gasteiger partial charge in [0.25, 0.3) is 0 Å². The van der Waals surface area contributed by atoms with Crippen LogP contribution >= 0.6 is 23.1 Å². The van der Waals surface area contributed by atoms with Crippen LogP contribution in [-0.2, 0) is 4.79 Å². The molecule has 1 aromatic carbocycles. The van der Waals surface area contributed by atoms with E-state index in [4.69, 9.17) is 0 Å². The standard InChI is InChI=1S/C13H16N2OS2/c1-3-9(2)14-12(16)8-17-13-15-10-6-4-5-7-11(10)18-13/h4-7,9H,3,8H2,1-2H3,(H,14,16). The molecule has 0 saturated heterocycles. The van der Waals surface area contributed by atoms with Gasteiger partial charge in [-0.3, -0.25) is 4.79 Å². The van der Waals surface area contributed by atoms with Gasteiger partial charge < -0.3 is 5.32 Å². The minimum absolute atomic E-state index is 0.0774. The van der Waals surface area contributed by atoms with E-state index in [0.717, 1.165) is 16.3 Å². The summed E-state index contributed by atoms with van der Waals surface area (Å²) in [6, 6.07) is 8.27. The van der Waals surface area contributed by atoms with Crippen LogP contribution in [0.4, 0.5) is 0 Å². The molecule has 2 aromatic rings. The van der Waals surface area contributed by atoms with Crippen LogP contribution in [0.2, 0.25) is 0 Å². The minimum atomic E-state index is 0.0774. The van der Waals surface area contributed by atoms with Crippen LogP contribution in [0.1, 0.15) is 20.3 Å². The summed E-state index contributed by atoms with van der Waals surface area (Å²) in [4.78, 5) is 16.1. The van der Waals surface area contributed by atoms with E-state index in [1.807, 2.05) is 25.1 Å². The average molecular weight is 280 g/mol. The van der Waals surface area contributed by atoms with Gasteiger partial charge in [0.15, 0.2) is 4.34 Å². The number of nitrogens with one attached hydrogen (secondary N) is 1. The van der Waals surface area contributed by atoms with Crippen LogP contribution in [-0.4, -0.2) is 22.7 Å². The number of para-hydroxylation sites is 1. The van der Waals surface area contributed by atoms with Crippen molar-refractivity contribution in [3.8, 4) is 0 Å². The fourth-order valence-corrected chi connectivity index (χ4v) is 3.34. The number of benzene rings is 1. The molecule has 1 unspecified atom stereocenters. The summed E-state index contributed by atoms with van der Waals surface area (Å²) in [5.41, 5.74) is 1.01. The molecule has 0 aliphatic rings. The van der Waals surface area contributed by atoms with Crippen molar-refractivity contribution >= 4 is 39.2 Å². The third-order valence-electron chi connectivity index (χ3n) is 2.62. The van der Waals surface area contributed by atoms with Crippen LogP contribution in [0.3, 0.4) is 0 Å². The van der Waals surface area contributed by atoms with Crippen molar-refractivity contribution in [2.45, 2.75) is 30.6 Å². The molecular formula is C13H16N2OS2. The Balaban J connectivity index is 1.92. The molecule has 1 atom stereocenters. The molecule has 3 nitrogen and oxygen atoms in total. The van der Waals surface area contributed by atoms with Gasteiger partial charge in [-0.2, -0.15) is 0 Å². The summed E-state index contributed by atoms with van der Waals surface area (Å²) >= 11 is 3.14. The van der Waals surface area contributed by atoms with Gasteiger partial charge >= 0.3 is 0 Å². The molecule has 1 amide bonds. The molecule has 0 bridgehead atoms. The number of thioether (sulfide) groups is 1. The van der Waals surface area contributed by atoms with E-state index in [-0.39, 0.29) is 11.9 Å². The third kappa shape index (κ3) is 3.46. The number of fused-ring (bicyclic) bond motifs is 1. The highest BCUT2D eigenvalue weighted by molar-refractivity contribution is 8.01. The fourth-order valence-electron chi connectivity index (χ4n) is 1.46. The van der Waals surface area contributed by atoms with Crippen molar-refractivity contribution in [2.24, 2.45) is 0 Å². The SMILES string of the molecule is CCC(C)NC(=O)CSc1nc2ccccc2s1. The zero-order valence-electron chi connectivity index (χ0n) is 10.5. The molecule has 18 heavy (non-hydrogen) atoms. The number of nitrogens with zero attached hydrogens (tertiary/aromatic N) is 1. The number of hydrogen-bond donors (Lipinski definition) is 1. The lowest BCUT2D eigenvalue weighted by molar-refractivity contribution is -0.119. The highest BCUT2D eigenvalue weighted by Crippen LogP contribution is 2.28. The molecule has 1 N–H and O–H groups in total. The van der Waals surface area contributed by atoms with Gasteiger partial charge in [-0.05, 0) is 25.5 Å². The van der Waals surface area contributed by atoms with E-state index in [9.17, 15) is 4.79 Å². The number of carbonyl (C=O) groups is 1. The largest absolute Gasteiger partial charge is 0.353 e. The fraction of sp³-hybridized carbons (Fsp3) is 0.385. The molecule has 0 aliphatic carbocycles. The van der Waals surface area contributed by atoms with Crippen LogP contribution in [0.25, 0.3) is 10.2 Å². The quantitative estimate of drug-likeness (QED) is 0.854. The first-order chi connectivity index (χ1) is 8.69. The maximum atomic E-state index is 11.6. The monoisotopic (exact) mass is 280 g/mol. The smallest absolute Gasteiger partial charge is 0.230 e. The second-order valence-electron chi connectivity index (χ2n) is 4.11. The van der Waals surface area contributed by atoms with Crippen LogP contribution in [0.15, 0.2) is 28.6 Å². The normalized spacial score (nSPS) is 12.6. The predicted molar refractivity (Wildman–Crippen MR) is 78.2 cm³/mol. The van der Waals surface area contributed by atoms with Crippen LogP contribution in [0.5, 0.6) is 0 Å². The van der Waals surface area contributed by atoms with E-state index < -0.39 is 0 Å². The Labute approximate surface area is 115 Å². The maximum absolute atomic E-state index is 11.6. The first kappa shape index (κ1) is 13.4. The van der Waals surface area contributed by atoms with Crippen molar-refractivity contribution in [1.29, 1.82) is 0 Å². The Morgan fingerprint density at radius 1 is 1.50 bits per heavy atom. The van der Waals surface area contributed by atoms with Crippen molar-refractivity contribution in [1.82, 2.24) is 10.3 Å². The summed E-state index contributed by atoms with van der Waals surface area (Å²) in [5.74, 6) is 0.512. The molecule has 96 valence electrons. The van der Waals surface area contributed by atoms with Gasteiger partial charge in [-0.1, -0.05) is 30.8 Å². The topological polar surface area (TPSA) is 42.0 Å². The minimum Gasteiger partial charge on any atom is -0.353 e. The highest BCUT2D eigenvalue weighted by atomic mass is 32.2. The van der Waals surface area contributed by atoms with Gasteiger partial charge in [0, 0.05) is 6.04 Å². The summed E-state index contributed by atoms with van der Waals surface area (Å²) in [6.07, 6.45) is 0.956. The van der Waals surface area contributed by atoms with E-state index in [1.165, 1.54) is 16.5 Å². The van der Waals surface area contributed by atoms with Crippen molar-refractivity contribution in [3.63, 3.8) is 0 Å². The highest BCUT2D eigenvalue weighted by Gasteiger charge is 2.09. The first-order valence-electron chi connectivity index (χ1n) is 5.96. The zero-order chi connectivity index (χ0) is 13.0. The number of rotatable bonds is 5. The second kappa shape index (κ2) is 6.20. The van der Waals surface area contributed by atoms with E-state index in [1.54, 1.807) is 11.3 Å². The lowest BCUT2D eigenvalue weighted by atomic mass is 10.3. The van der Waals surface area contributed by atoms with Crippen molar-refractivity contribution in [2.75, 3.05) is 5.75 Å². The van der Waals surface area contributed by atoms with Gasteiger partial charge in [0.2, 0.25) is 5.91 Å². The van der Waals surface area contributed by atoms with Gasteiger partial charge in [0.05, 0.1) is 16.0 Å². The molecule has 2 rings (SSSR count). The van der Waals surface area contributed by atoms with Gasteiger partial charge in [-0.25, -0.2) is 4.98 Å². The number of carbonyl (C=O) groups excluding carboxylic acids is 1. The Hall–Kier alpha value is -1.07. The number of aromatic nitrogens is 1. The molecule has 0 saturated carbocycles. The van der Waals surface area contributed by atoms with Gasteiger partial charge in [0.1, 0.15) is 0 Å². The second-order valence-corrected chi connectivity index (χ2v) is 6.37. The summed E-state index contributed by atoms with van der Waals surface area (Å²) in [6.45, 7) is 4.08. The first-order valence-corrected chi connectivity index (χ1v) is 7.77. The third-order valence-corrected chi connectivity index (χ3v) is 4.80. The average Bonchev–Trinajstić information content (AvgIpc) is 2.79. The molecule has 0 radical (unpaired) electrons. The molecule has 1 heterocycles. The maximum Gasteiger partial charge on any atom is 0.230 e. The Morgan fingerprint density at radius 3 is 3.00 bits per heavy atom. The molecule has 0 aliphatic heterocycles. The van der Waals surface area contributed by atoms with Crippen molar-refractivity contribution < 1.29 is 4.79 Å². The molecular weight excluding hydrogens is 264 g/mol. The summed E-state index contributed by atoms with van der Waals surface area (Å²) < 4.78 is 2.12. The molecule has 0 spiro atoms. The van der Waals surface area contributed by atoms with E-state index in [0.29, 0.717) is 5.75 Å². The number of hydrogen-bond acceptors (Lipinski definition) is 4.